The van der Waals surface area contributed by atoms with Gasteiger partial charge < -0.3 is 10.1 Å². The normalized spacial score (nSPS) is 23.3. The Bertz CT molecular complexity index is 408. The summed E-state index contributed by atoms with van der Waals surface area (Å²) in [6.45, 7) is 3.26. The van der Waals surface area contributed by atoms with Crippen LogP contribution in [0.25, 0.3) is 0 Å². The highest BCUT2D eigenvalue weighted by Gasteiger charge is 2.20. The van der Waals surface area contributed by atoms with Gasteiger partial charge in [-0.2, -0.15) is 0 Å². The molecule has 0 heterocycles. The minimum absolute atomic E-state index is 0.694. The lowest BCUT2D eigenvalue weighted by Gasteiger charge is -2.29. The molecule has 0 spiro atoms. The second-order valence-corrected chi connectivity index (χ2v) is 6.34. The largest absolute Gasteiger partial charge is 0.496 e. The summed E-state index contributed by atoms with van der Waals surface area (Å²) in [5, 5.41) is 3.71. The smallest absolute Gasteiger partial charge is 0.133 e. The SMILES string of the molecule is CCC1CCCC(NCc2ccc(OC)c(Br)c2)C1. The lowest BCUT2D eigenvalue weighted by Crippen LogP contribution is -2.33. The second-order valence-electron chi connectivity index (χ2n) is 5.49. The van der Waals surface area contributed by atoms with Crippen molar-refractivity contribution < 1.29 is 4.74 Å². The monoisotopic (exact) mass is 325 g/mol. The summed E-state index contributed by atoms with van der Waals surface area (Å²) < 4.78 is 6.29. The fourth-order valence-corrected chi connectivity index (χ4v) is 3.52. The molecule has 19 heavy (non-hydrogen) atoms. The van der Waals surface area contributed by atoms with E-state index in [1.54, 1.807) is 7.11 Å². The van der Waals surface area contributed by atoms with Crippen molar-refractivity contribution in [3.8, 4) is 5.75 Å². The predicted molar refractivity (Wildman–Crippen MR) is 83.6 cm³/mol. The van der Waals surface area contributed by atoms with Gasteiger partial charge in [-0.3, -0.25) is 0 Å². The first kappa shape index (κ1) is 14.9. The highest BCUT2D eigenvalue weighted by Crippen LogP contribution is 2.28. The first-order valence-electron chi connectivity index (χ1n) is 7.28. The van der Waals surface area contributed by atoms with E-state index in [0.29, 0.717) is 6.04 Å². The molecule has 1 aliphatic rings. The van der Waals surface area contributed by atoms with Crippen molar-refractivity contribution in [1.29, 1.82) is 0 Å². The molecule has 2 nitrogen and oxygen atoms in total. The van der Waals surface area contributed by atoms with Crippen LogP contribution in [0.4, 0.5) is 0 Å². The van der Waals surface area contributed by atoms with E-state index in [4.69, 9.17) is 4.74 Å². The minimum Gasteiger partial charge on any atom is -0.496 e. The molecule has 0 aliphatic heterocycles. The van der Waals surface area contributed by atoms with Crippen molar-refractivity contribution in [3.63, 3.8) is 0 Å². The number of nitrogens with one attached hydrogen (secondary N) is 1. The van der Waals surface area contributed by atoms with E-state index >= 15 is 0 Å². The van der Waals surface area contributed by atoms with Crippen molar-refractivity contribution in [3.05, 3.63) is 28.2 Å². The summed E-state index contributed by atoms with van der Waals surface area (Å²) in [7, 11) is 1.70. The van der Waals surface area contributed by atoms with E-state index in [1.165, 1.54) is 37.7 Å². The van der Waals surface area contributed by atoms with Crippen LogP contribution in [0.1, 0.15) is 44.6 Å². The van der Waals surface area contributed by atoms with E-state index in [9.17, 15) is 0 Å². The molecule has 2 rings (SSSR count). The summed E-state index contributed by atoms with van der Waals surface area (Å²) >= 11 is 3.54. The van der Waals surface area contributed by atoms with Gasteiger partial charge in [-0.1, -0.05) is 32.3 Å². The fourth-order valence-electron chi connectivity index (χ4n) is 2.93. The lowest BCUT2D eigenvalue weighted by atomic mass is 9.84. The maximum absolute atomic E-state index is 5.26. The molecule has 0 bridgehead atoms. The topological polar surface area (TPSA) is 21.3 Å². The van der Waals surface area contributed by atoms with Gasteiger partial charge in [0.2, 0.25) is 0 Å². The maximum Gasteiger partial charge on any atom is 0.133 e. The van der Waals surface area contributed by atoms with Crippen molar-refractivity contribution >= 4 is 15.9 Å². The number of halogens is 1. The van der Waals surface area contributed by atoms with Crippen molar-refractivity contribution in [2.24, 2.45) is 5.92 Å². The van der Waals surface area contributed by atoms with Crippen LogP contribution in [-0.2, 0) is 6.54 Å². The quantitative estimate of drug-likeness (QED) is 0.859. The number of methoxy groups -OCH3 is 1. The molecule has 106 valence electrons. The first-order valence-corrected chi connectivity index (χ1v) is 8.08. The van der Waals surface area contributed by atoms with Crippen LogP contribution < -0.4 is 10.1 Å². The van der Waals surface area contributed by atoms with Gasteiger partial charge in [0.15, 0.2) is 0 Å². The highest BCUT2D eigenvalue weighted by molar-refractivity contribution is 9.10. The van der Waals surface area contributed by atoms with E-state index in [1.807, 2.05) is 6.07 Å². The zero-order valence-corrected chi connectivity index (χ0v) is 13.5. The van der Waals surface area contributed by atoms with Crippen molar-refractivity contribution in [2.45, 2.75) is 51.6 Å². The Morgan fingerprint density at radius 3 is 2.89 bits per heavy atom. The van der Waals surface area contributed by atoms with Crippen LogP contribution >= 0.6 is 15.9 Å². The Kier molecular flexibility index (Phi) is 5.71. The summed E-state index contributed by atoms with van der Waals surface area (Å²) in [6.07, 6.45) is 6.79. The molecular formula is C16H24BrNO. The number of benzene rings is 1. The molecule has 0 radical (unpaired) electrons. The third-order valence-electron chi connectivity index (χ3n) is 4.17. The lowest BCUT2D eigenvalue weighted by molar-refractivity contribution is 0.278. The molecular weight excluding hydrogens is 302 g/mol. The van der Waals surface area contributed by atoms with Crippen LogP contribution in [0.15, 0.2) is 22.7 Å². The molecule has 1 fully saturated rings. The molecule has 3 heteroatoms. The van der Waals surface area contributed by atoms with Crippen LogP contribution in [0.3, 0.4) is 0 Å². The molecule has 0 aromatic heterocycles. The number of hydrogen-bond donors (Lipinski definition) is 1. The van der Waals surface area contributed by atoms with Crippen molar-refractivity contribution in [1.82, 2.24) is 5.32 Å². The highest BCUT2D eigenvalue weighted by atomic mass is 79.9. The first-order chi connectivity index (χ1) is 9.22. The fraction of sp³-hybridized carbons (Fsp3) is 0.625. The van der Waals surface area contributed by atoms with E-state index in [2.05, 4.69) is 40.3 Å². The average molecular weight is 326 g/mol. The number of rotatable bonds is 5. The van der Waals surface area contributed by atoms with Crippen LogP contribution in [0.5, 0.6) is 5.75 Å². The Morgan fingerprint density at radius 1 is 1.37 bits per heavy atom. The molecule has 1 N–H and O–H groups in total. The van der Waals surface area contributed by atoms with Gasteiger partial charge in [0, 0.05) is 12.6 Å². The molecule has 2 atom stereocenters. The third-order valence-corrected chi connectivity index (χ3v) is 4.79. The summed E-state index contributed by atoms with van der Waals surface area (Å²) in [6, 6.07) is 7.00. The van der Waals surface area contributed by atoms with E-state index < -0.39 is 0 Å². The molecule has 1 aromatic carbocycles. The Balaban J connectivity index is 1.86. The van der Waals surface area contributed by atoms with Gasteiger partial charge >= 0.3 is 0 Å². The van der Waals surface area contributed by atoms with E-state index in [-0.39, 0.29) is 0 Å². The van der Waals surface area contributed by atoms with Gasteiger partial charge in [-0.05, 0) is 52.4 Å². The van der Waals surface area contributed by atoms with Crippen LogP contribution in [0, 0.1) is 5.92 Å². The van der Waals surface area contributed by atoms with Crippen LogP contribution in [0.2, 0.25) is 0 Å². The van der Waals surface area contributed by atoms with E-state index in [0.717, 1.165) is 22.7 Å². The van der Waals surface area contributed by atoms with Gasteiger partial charge in [0.05, 0.1) is 11.6 Å². The van der Waals surface area contributed by atoms with Gasteiger partial charge in [0.25, 0.3) is 0 Å². The standard InChI is InChI=1S/C16H24BrNO/c1-3-12-5-4-6-14(9-12)18-11-13-7-8-16(19-2)15(17)10-13/h7-8,10,12,14,18H,3-6,9,11H2,1-2H3. The number of hydrogen-bond acceptors (Lipinski definition) is 2. The number of ether oxygens (including phenoxy) is 1. The Labute approximate surface area is 125 Å². The Hall–Kier alpha value is -0.540. The van der Waals surface area contributed by atoms with Gasteiger partial charge in [-0.15, -0.1) is 0 Å². The molecule has 2 unspecified atom stereocenters. The minimum atomic E-state index is 0.694. The molecule has 1 aromatic rings. The summed E-state index contributed by atoms with van der Waals surface area (Å²) in [4.78, 5) is 0. The summed E-state index contributed by atoms with van der Waals surface area (Å²) in [5.74, 6) is 1.82. The molecule has 1 saturated carbocycles. The molecule has 0 amide bonds. The maximum atomic E-state index is 5.26. The van der Waals surface area contributed by atoms with Crippen LogP contribution in [-0.4, -0.2) is 13.2 Å². The Morgan fingerprint density at radius 2 is 2.21 bits per heavy atom. The molecule has 0 saturated heterocycles. The third kappa shape index (κ3) is 4.22. The zero-order chi connectivity index (χ0) is 13.7. The zero-order valence-electron chi connectivity index (χ0n) is 11.9. The molecule has 1 aliphatic carbocycles. The second kappa shape index (κ2) is 7.30. The summed E-state index contributed by atoms with van der Waals surface area (Å²) in [5.41, 5.74) is 1.31. The van der Waals surface area contributed by atoms with Gasteiger partial charge in [-0.25, -0.2) is 0 Å². The average Bonchev–Trinajstić information content (AvgIpc) is 2.45. The van der Waals surface area contributed by atoms with Crippen molar-refractivity contribution in [2.75, 3.05) is 7.11 Å². The predicted octanol–water partition coefficient (Wildman–Crippen LogP) is 4.52. The van der Waals surface area contributed by atoms with Gasteiger partial charge in [0.1, 0.15) is 5.75 Å².